The van der Waals surface area contributed by atoms with Gasteiger partial charge in [-0.05, 0) is 34.5 Å². The first-order valence-electron chi connectivity index (χ1n) is 5.98. The molecule has 20 heavy (non-hydrogen) atoms. The molecular weight excluding hydrogens is 370 g/mol. The van der Waals surface area contributed by atoms with Crippen LogP contribution in [-0.2, 0) is 14.8 Å². The molecule has 2 N–H and O–H groups in total. The highest BCUT2D eigenvalue weighted by Gasteiger charge is 2.26. The summed E-state index contributed by atoms with van der Waals surface area (Å²) in [5.41, 5.74) is 0. The van der Waals surface area contributed by atoms with Crippen LogP contribution in [0.25, 0.3) is 0 Å². The molecule has 0 aliphatic heterocycles. The summed E-state index contributed by atoms with van der Waals surface area (Å²) < 4.78 is 26.9. The predicted octanol–water partition coefficient (Wildman–Crippen LogP) is 3.02. The van der Waals surface area contributed by atoms with E-state index in [2.05, 4.69) is 20.7 Å². The number of carboxylic acid groups (broad SMARTS) is 1. The Morgan fingerprint density at radius 1 is 1.50 bits per heavy atom. The highest BCUT2D eigenvalue weighted by atomic mass is 79.9. The third kappa shape index (κ3) is 4.44. The first-order chi connectivity index (χ1) is 9.29. The maximum atomic E-state index is 12.2. The van der Waals surface area contributed by atoms with Crippen molar-refractivity contribution in [3.8, 4) is 0 Å². The molecule has 0 aliphatic rings. The zero-order chi connectivity index (χ0) is 15.3. The van der Waals surface area contributed by atoms with E-state index < -0.39 is 22.0 Å². The van der Waals surface area contributed by atoms with Crippen molar-refractivity contribution in [2.24, 2.45) is 0 Å². The SMILES string of the molecule is CCCC[C@H](NS(=O)(=O)c1cccc(Cl)c1Br)C(=O)O. The number of unbranched alkanes of at least 4 members (excludes halogenated alkanes) is 1. The van der Waals surface area contributed by atoms with Crippen LogP contribution in [0.5, 0.6) is 0 Å². The monoisotopic (exact) mass is 383 g/mol. The highest BCUT2D eigenvalue weighted by molar-refractivity contribution is 9.10. The lowest BCUT2D eigenvalue weighted by atomic mass is 10.1. The molecule has 0 amide bonds. The summed E-state index contributed by atoms with van der Waals surface area (Å²) in [7, 11) is -3.95. The van der Waals surface area contributed by atoms with Gasteiger partial charge in [0, 0.05) is 0 Å². The van der Waals surface area contributed by atoms with E-state index in [0.29, 0.717) is 6.42 Å². The summed E-state index contributed by atoms with van der Waals surface area (Å²) in [6.07, 6.45) is 1.64. The molecule has 112 valence electrons. The molecule has 1 rings (SSSR count). The number of sulfonamides is 1. The second kappa shape index (κ2) is 7.40. The van der Waals surface area contributed by atoms with Crippen LogP contribution in [0, 0.1) is 0 Å². The zero-order valence-electron chi connectivity index (χ0n) is 10.8. The van der Waals surface area contributed by atoms with Gasteiger partial charge < -0.3 is 5.11 Å². The van der Waals surface area contributed by atoms with Crippen LogP contribution in [0.15, 0.2) is 27.6 Å². The third-order valence-electron chi connectivity index (χ3n) is 2.65. The lowest BCUT2D eigenvalue weighted by Crippen LogP contribution is -2.40. The van der Waals surface area contributed by atoms with E-state index in [-0.39, 0.29) is 20.8 Å². The van der Waals surface area contributed by atoms with Gasteiger partial charge in [-0.1, -0.05) is 37.4 Å². The van der Waals surface area contributed by atoms with Crippen LogP contribution in [0.3, 0.4) is 0 Å². The number of benzene rings is 1. The minimum absolute atomic E-state index is 0.0762. The van der Waals surface area contributed by atoms with Crippen LogP contribution >= 0.6 is 27.5 Å². The number of nitrogens with one attached hydrogen (secondary N) is 1. The van der Waals surface area contributed by atoms with Gasteiger partial charge in [0.2, 0.25) is 10.0 Å². The predicted molar refractivity (Wildman–Crippen MR) is 80.4 cm³/mol. The fourth-order valence-corrected chi connectivity index (χ4v) is 4.04. The number of hydrogen-bond acceptors (Lipinski definition) is 3. The van der Waals surface area contributed by atoms with Gasteiger partial charge in [0.1, 0.15) is 6.04 Å². The lowest BCUT2D eigenvalue weighted by molar-refractivity contribution is -0.139. The molecule has 5 nitrogen and oxygen atoms in total. The van der Waals surface area contributed by atoms with E-state index >= 15 is 0 Å². The summed E-state index contributed by atoms with van der Waals surface area (Å²) in [6.45, 7) is 1.90. The normalized spacial score (nSPS) is 13.2. The smallest absolute Gasteiger partial charge is 0.321 e. The van der Waals surface area contributed by atoms with Crippen molar-refractivity contribution in [1.29, 1.82) is 0 Å². The van der Waals surface area contributed by atoms with Gasteiger partial charge in [0.25, 0.3) is 0 Å². The van der Waals surface area contributed by atoms with Gasteiger partial charge >= 0.3 is 5.97 Å². The molecule has 0 saturated heterocycles. The Morgan fingerprint density at radius 2 is 2.15 bits per heavy atom. The number of hydrogen-bond donors (Lipinski definition) is 2. The molecule has 0 spiro atoms. The van der Waals surface area contributed by atoms with Gasteiger partial charge in [-0.15, -0.1) is 0 Å². The van der Waals surface area contributed by atoms with Crippen molar-refractivity contribution >= 4 is 43.5 Å². The van der Waals surface area contributed by atoms with Gasteiger partial charge in [0.15, 0.2) is 0 Å². The molecule has 0 saturated carbocycles. The standard InChI is InChI=1S/C12H15BrClNO4S/c1-2-3-6-9(12(16)17)15-20(18,19)10-7-4-5-8(14)11(10)13/h4-5,7,9,15H,2-3,6H2,1H3,(H,16,17)/t9-/m0/s1. The van der Waals surface area contributed by atoms with Crippen LogP contribution in [0.1, 0.15) is 26.2 Å². The average molecular weight is 385 g/mol. The Labute approximate surface area is 131 Å². The number of carboxylic acids is 1. The topological polar surface area (TPSA) is 83.5 Å². The molecule has 1 aromatic carbocycles. The Balaban J connectivity index is 3.04. The maximum Gasteiger partial charge on any atom is 0.321 e. The summed E-state index contributed by atoms with van der Waals surface area (Å²) in [5.74, 6) is -1.19. The van der Waals surface area contributed by atoms with Gasteiger partial charge in [-0.25, -0.2) is 8.42 Å². The first-order valence-corrected chi connectivity index (χ1v) is 8.64. The van der Waals surface area contributed by atoms with E-state index in [4.69, 9.17) is 16.7 Å². The lowest BCUT2D eigenvalue weighted by Gasteiger charge is -2.15. The van der Waals surface area contributed by atoms with Crippen molar-refractivity contribution in [1.82, 2.24) is 4.72 Å². The van der Waals surface area contributed by atoms with Crippen molar-refractivity contribution in [2.75, 3.05) is 0 Å². The quantitative estimate of drug-likeness (QED) is 0.757. The van der Waals surface area contributed by atoms with E-state index in [1.54, 1.807) is 0 Å². The second-order valence-electron chi connectivity index (χ2n) is 4.21. The van der Waals surface area contributed by atoms with E-state index in [9.17, 15) is 13.2 Å². The Kier molecular flexibility index (Phi) is 6.44. The fourth-order valence-electron chi connectivity index (χ4n) is 1.58. The summed E-state index contributed by atoms with van der Waals surface area (Å²) in [5, 5.41) is 9.31. The molecule has 0 heterocycles. The highest BCUT2D eigenvalue weighted by Crippen LogP contribution is 2.29. The van der Waals surface area contributed by atoms with Crippen molar-refractivity contribution in [3.63, 3.8) is 0 Å². The molecule has 0 bridgehead atoms. The van der Waals surface area contributed by atoms with Crippen LogP contribution in [0.2, 0.25) is 5.02 Å². The van der Waals surface area contributed by atoms with Crippen LogP contribution < -0.4 is 4.72 Å². The fraction of sp³-hybridized carbons (Fsp3) is 0.417. The van der Waals surface area contributed by atoms with Crippen LogP contribution in [-0.4, -0.2) is 25.5 Å². The van der Waals surface area contributed by atoms with E-state index in [1.165, 1.54) is 18.2 Å². The molecular formula is C12H15BrClNO4S. The molecule has 1 atom stereocenters. The second-order valence-corrected chi connectivity index (χ2v) is 7.09. The Morgan fingerprint density at radius 3 is 2.70 bits per heavy atom. The minimum Gasteiger partial charge on any atom is -0.480 e. The molecule has 0 fully saturated rings. The van der Waals surface area contributed by atoms with Gasteiger partial charge in [-0.3, -0.25) is 4.79 Å². The van der Waals surface area contributed by atoms with Crippen molar-refractivity contribution in [3.05, 3.63) is 27.7 Å². The van der Waals surface area contributed by atoms with Crippen LogP contribution in [0.4, 0.5) is 0 Å². The molecule has 0 unspecified atom stereocenters. The molecule has 8 heteroatoms. The minimum atomic E-state index is -3.95. The van der Waals surface area contributed by atoms with E-state index in [0.717, 1.165) is 6.42 Å². The van der Waals surface area contributed by atoms with Crippen molar-refractivity contribution in [2.45, 2.75) is 37.1 Å². The zero-order valence-corrected chi connectivity index (χ0v) is 13.9. The Hall–Kier alpha value is -0.630. The van der Waals surface area contributed by atoms with Gasteiger partial charge in [0.05, 0.1) is 14.4 Å². The maximum absolute atomic E-state index is 12.2. The van der Waals surface area contributed by atoms with E-state index in [1.807, 2.05) is 6.92 Å². The number of aliphatic carboxylic acids is 1. The largest absolute Gasteiger partial charge is 0.480 e. The first kappa shape index (κ1) is 17.4. The average Bonchev–Trinajstić information content (AvgIpc) is 2.37. The van der Waals surface area contributed by atoms with Crippen molar-refractivity contribution < 1.29 is 18.3 Å². The number of rotatable bonds is 7. The molecule has 0 aromatic heterocycles. The Bertz CT molecular complexity index is 591. The summed E-state index contributed by atoms with van der Waals surface area (Å²) in [6, 6.07) is 3.24. The summed E-state index contributed by atoms with van der Waals surface area (Å²) in [4.78, 5) is 11.0. The molecule has 0 aliphatic carbocycles. The number of carbonyl (C=O) groups is 1. The number of halogens is 2. The summed E-state index contributed by atoms with van der Waals surface area (Å²) >= 11 is 8.94. The van der Waals surface area contributed by atoms with Gasteiger partial charge in [-0.2, -0.15) is 4.72 Å². The molecule has 1 aromatic rings. The third-order valence-corrected chi connectivity index (χ3v) is 5.82. The molecule has 0 radical (unpaired) electrons.